The summed E-state index contributed by atoms with van der Waals surface area (Å²) in [4.78, 5) is 1.61. The lowest BCUT2D eigenvalue weighted by Crippen LogP contribution is -3.16. The average molecular weight is 222 g/mol. The highest BCUT2D eigenvalue weighted by Crippen LogP contribution is 2.11. The number of morpholine rings is 1. The highest BCUT2D eigenvalue weighted by atomic mass is 16.5. The van der Waals surface area contributed by atoms with Gasteiger partial charge in [0.2, 0.25) is 0 Å². The first-order valence-corrected chi connectivity index (χ1v) is 6.09. The number of hydrogen-bond acceptors (Lipinski definition) is 1. The molecular formula is C13H22N2O+2. The fourth-order valence-corrected chi connectivity index (χ4v) is 2.57. The maximum absolute atomic E-state index is 5.42. The highest BCUT2D eigenvalue weighted by Gasteiger charge is 2.31. The van der Waals surface area contributed by atoms with E-state index in [1.165, 1.54) is 5.56 Å². The summed E-state index contributed by atoms with van der Waals surface area (Å²) in [5.74, 6) is 0. The minimum atomic E-state index is 0.426. The van der Waals surface area contributed by atoms with E-state index < -0.39 is 0 Å². The topological polar surface area (TPSA) is 41.3 Å². The van der Waals surface area contributed by atoms with Crippen LogP contribution >= 0.6 is 0 Å². The normalized spacial score (nSPS) is 21.6. The Labute approximate surface area is 97.2 Å². The minimum absolute atomic E-state index is 0.426. The Bertz CT molecular complexity index is 307. The van der Waals surface area contributed by atoms with Crippen LogP contribution in [0.3, 0.4) is 0 Å². The van der Waals surface area contributed by atoms with Crippen molar-refractivity contribution in [1.29, 1.82) is 0 Å². The van der Waals surface area contributed by atoms with E-state index in [9.17, 15) is 0 Å². The van der Waals surface area contributed by atoms with Crippen LogP contribution < -0.4 is 10.6 Å². The Kier molecular flexibility index (Phi) is 3.93. The monoisotopic (exact) mass is 222 g/mol. The van der Waals surface area contributed by atoms with E-state index in [0.29, 0.717) is 12.1 Å². The molecule has 3 nitrogen and oxygen atoms in total. The molecule has 0 radical (unpaired) electrons. The van der Waals surface area contributed by atoms with Gasteiger partial charge in [0.1, 0.15) is 19.1 Å². The number of nitrogens with one attached hydrogen (secondary N) is 1. The van der Waals surface area contributed by atoms with Gasteiger partial charge in [0, 0.05) is 5.56 Å². The predicted molar refractivity (Wildman–Crippen MR) is 63.0 cm³/mol. The van der Waals surface area contributed by atoms with Crippen molar-refractivity contribution < 1.29 is 15.4 Å². The first kappa shape index (κ1) is 11.6. The van der Waals surface area contributed by atoms with Crippen LogP contribution in [0.5, 0.6) is 0 Å². The van der Waals surface area contributed by atoms with Crippen molar-refractivity contribution in [2.75, 3.05) is 26.3 Å². The summed E-state index contributed by atoms with van der Waals surface area (Å²) in [5.41, 5.74) is 5.63. The largest absolute Gasteiger partial charge is 0.370 e. The molecule has 0 saturated carbocycles. The van der Waals surface area contributed by atoms with Crippen LogP contribution in [0.1, 0.15) is 18.5 Å². The van der Waals surface area contributed by atoms with Gasteiger partial charge in [0.15, 0.2) is 6.04 Å². The number of rotatable bonds is 3. The molecule has 1 aliphatic rings. The van der Waals surface area contributed by atoms with Gasteiger partial charge in [-0.05, 0) is 6.92 Å². The van der Waals surface area contributed by atoms with Crippen molar-refractivity contribution >= 4 is 0 Å². The lowest BCUT2D eigenvalue weighted by Gasteiger charge is -2.32. The molecule has 1 aromatic carbocycles. The first-order chi connectivity index (χ1) is 7.79. The average Bonchev–Trinajstić information content (AvgIpc) is 2.31. The van der Waals surface area contributed by atoms with Crippen molar-refractivity contribution in [3.63, 3.8) is 0 Å². The molecule has 3 heteroatoms. The van der Waals surface area contributed by atoms with Gasteiger partial charge >= 0.3 is 0 Å². The van der Waals surface area contributed by atoms with E-state index in [1.807, 2.05) is 0 Å². The van der Waals surface area contributed by atoms with Crippen LogP contribution in [0.4, 0.5) is 0 Å². The molecule has 0 spiro atoms. The van der Waals surface area contributed by atoms with Gasteiger partial charge in [0.05, 0.1) is 13.2 Å². The van der Waals surface area contributed by atoms with Crippen molar-refractivity contribution in [3.8, 4) is 0 Å². The van der Waals surface area contributed by atoms with Crippen molar-refractivity contribution in [2.45, 2.75) is 19.0 Å². The molecule has 0 aliphatic carbocycles. The number of benzene rings is 1. The zero-order chi connectivity index (χ0) is 11.4. The van der Waals surface area contributed by atoms with Crippen LogP contribution in [0.2, 0.25) is 0 Å². The van der Waals surface area contributed by atoms with E-state index in [2.05, 4.69) is 43.0 Å². The van der Waals surface area contributed by atoms with Crippen LogP contribution in [-0.4, -0.2) is 32.3 Å². The van der Waals surface area contributed by atoms with Gasteiger partial charge in [-0.25, -0.2) is 0 Å². The summed E-state index contributed by atoms with van der Waals surface area (Å²) in [6.45, 7) is 6.16. The summed E-state index contributed by atoms with van der Waals surface area (Å²) >= 11 is 0. The molecule has 1 aliphatic heterocycles. The highest BCUT2D eigenvalue weighted by molar-refractivity contribution is 5.17. The molecule has 0 bridgehead atoms. The summed E-state index contributed by atoms with van der Waals surface area (Å²) in [7, 11) is 0. The molecule has 0 unspecified atom stereocenters. The van der Waals surface area contributed by atoms with Crippen molar-refractivity contribution in [2.24, 2.45) is 0 Å². The molecule has 4 N–H and O–H groups in total. The molecule has 1 fully saturated rings. The quantitative estimate of drug-likeness (QED) is 0.696. The van der Waals surface area contributed by atoms with E-state index in [1.54, 1.807) is 4.90 Å². The first-order valence-electron chi connectivity index (χ1n) is 6.09. The molecule has 16 heavy (non-hydrogen) atoms. The standard InChI is InChI=1S/C13H20N2O/c1-11(14)13(12-5-3-2-4-6-12)15-7-9-16-10-8-15/h2-6,11,13H,7-10,14H2,1H3/p+2/t11-,13-/m1/s1. The third kappa shape index (κ3) is 2.61. The van der Waals surface area contributed by atoms with Crippen molar-refractivity contribution in [1.82, 2.24) is 0 Å². The summed E-state index contributed by atoms with van der Waals surface area (Å²) in [6.07, 6.45) is 0. The lowest BCUT2D eigenvalue weighted by molar-refractivity contribution is -0.949. The molecule has 0 amide bonds. The van der Waals surface area contributed by atoms with Crippen LogP contribution in [0.25, 0.3) is 0 Å². The van der Waals surface area contributed by atoms with Gasteiger partial charge in [-0.15, -0.1) is 0 Å². The zero-order valence-corrected chi connectivity index (χ0v) is 9.99. The Morgan fingerprint density at radius 1 is 1.19 bits per heavy atom. The molecule has 1 saturated heterocycles. The summed E-state index contributed by atoms with van der Waals surface area (Å²) in [5, 5.41) is 0. The van der Waals surface area contributed by atoms with Crippen LogP contribution in [-0.2, 0) is 4.74 Å². The number of quaternary nitrogens is 2. The second-order valence-corrected chi connectivity index (χ2v) is 4.64. The second kappa shape index (κ2) is 5.43. The summed E-state index contributed by atoms with van der Waals surface area (Å²) in [6, 6.07) is 11.7. The van der Waals surface area contributed by atoms with E-state index in [4.69, 9.17) is 4.74 Å². The van der Waals surface area contributed by atoms with E-state index in [-0.39, 0.29) is 0 Å². The maximum atomic E-state index is 5.42. The molecule has 1 heterocycles. The Hall–Kier alpha value is -0.900. The van der Waals surface area contributed by atoms with Crippen LogP contribution in [0, 0.1) is 0 Å². The lowest BCUT2D eigenvalue weighted by atomic mass is 9.99. The van der Waals surface area contributed by atoms with Gasteiger partial charge < -0.3 is 15.4 Å². The van der Waals surface area contributed by atoms with Gasteiger partial charge in [-0.2, -0.15) is 0 Å². The second-order valence-electron chi connectivity index (χ2n) is 4.64. The third-order valence-corrected chi connectivity index (χ3v) is 3.30. The Morgan fingerprint density at radius 3 is 2.38 bits per heavy atom. The smallest absolute Gasteiger partial charge is 0.165 e. The molecule has 2 rings (SSSR count). The van der Waals surface area contributed by atoms with E-state index in [0.717, 1.165) is 26.3 Å². The molecule has 2 atom stereocenters. The zero-order valence-electron chi connectivity index (χ0n) is 9.99. The Balaban J connectivity index is 2.16. The minimum Gasteiger partial charge on any atom is -0.370 e. The predicted octanol–water partition coefficient (Wildman–Crippen LogP) is -0.727. The maximum Gasteiger partial charge on any atom is 0.165 e. The van der Waals surface area contributed by atoms with E-state index >= 15 is 0 Å². The summed E-state index contributed by atoms with van der Waals surface area (Å²) < 4.78 is 5.42. The number of hydrogen-bond donors (Lipinski definition) is 2. The van der Waals surface area contributed by atoms with Gasteiger partial charge in [-0.1, -0.05) is 30.3 Å². The SMILES string of the molecule is C[C@@H]([NH3+])[C@H](c1ccccc1)[NH+]1CCOCC1. The fourth-order valence-electron chi connectivity index (χ4n) is 2.57. The molecule has 1 aromatic rings. The molecule has 88 valence electrons. The van der Waals surface area contributed by atoms with Gasteiger partial charge in [0.25, 0.3) is 0 Å². The van der Waals surface area contributed by atoms with Gasteiger partial charge in [-0.3, -0.25) is 0 Å². The third-order valence-electron chi connectivity index (χ3n) is 3.30. The fraction of sp³-hybridized carbons (Fsp3) is 0.538. The Morgan fingerprint density at radius 2 is 1.81 bits per heavy atom. The van der Waals surface area contributed by atoms with Crippen molar-refractivity contribution in [3.05, 3.63) is 35.9 Å². The molecular weight excluding hydrogens is 200 g/mol. The number of ether oxygens (including phenoxy) is 1. The van der Waals surface area contributed by atoms with Crippen LogP contribution in [0.15, 0.2) is 30.3 Å². The molecule has 0 aromatic heterocycles.